The summed E-state index contributed by atoms with van der Waals surface area (Å²) in [5.41, 5.74) is 0. The first-order chi connectivity index (χ1) is 9.27. The van der Waals surface area contributed by atoms with Crippen LogP contribution in [0.15, 0.2) is 0 Å². The third-order valence-corrected chi connectivity index (χ3v) is 4.20. The van der Waals surface area contributed by atoms with Crippen LogP contribution in [0.5, 0.6) is 0 Å². The molecule has 1 saturated carbocycles. The molecule has 2 atom stereocenters. The minimum atomic E-state index is -0.122. The van der Waals surface area contributed by atoms with Gasteiger partial charge in [-0.1, -0.05) is 12.8 Å². The molecule has 1 saturated heterocycles. The smallest absolute Gasteiger partial charge is 0.317 e. The molecule has 0 radical (unpaired) electrons. The monoisotopic (exact) mass is 270 g/mol. The number of aliphatic hydroxyl groups excluding tert-OH is 1. The van der Waals surface area contributed by atoms with Gasteiger partial charge >= 0.3 is 6.03 Å². The van der Waals surface area contributed by atoms with E-state index in [1.165, 1.54) is 6.42 Å². The number of urea groups is 1. The fourth-order valence-corrected chi connectivity index (χ4v) is 2.96. The summed E-state index contributed by atoms with van der Waals surface area (Å²) in [6.45, 7) is 3.36. The van der Waals surface area contributed by atoms with Crippen LogP contribution >= 0.6 is 0 Å². The lowest BCUT2D eigenvalue weighted by atomic mass is 9.83. The number of nitrogens with zero attached hydrogens (tertiary/aromatic N) is 1. The number of ether oxygens (including phenoxy) is 1. The van der Waals surface area contributed by atoms with Crippen molar-refractivity contribution in [2.75, 3.05) is 32.8 Å². The van der Waals surface area contributed by atoms with E-state index in [4.69, 9.17) is 4.74 Å². The van der Waals surface area contributed by atoms with Gasteiger partial charge in [-0.2, -0.15) is 0 Å². The van der Waals surface area contributed by atoms with Gasteiger partial charge in [-0.25, -0.2) is 4.79 Å². The van der Waals surface area contributed by atoms with Gasteiger partial charge in [0.25, 0.3) is 0 Å². The Hall–Kier alpha value is -0.810. The van der Waals surface area contributed by atoms with Gasteiger partial charge in [0.05, 0.1) is 19.3 Å². The van der Waals surface area contributed by atoms with Crippen molar-refractivity contribution in [2.24, 2.45) is 5.92 Å². The Labute approximate surface area is 115 Å². The zero-order valence-electron chi connectivity index (χ0n) is 11.6. The van der Waals surface area contributed by atoms with Crippen molar-refractivity contribution in [3.8, 4) is 0 Å². The van der Waals surface area contributed by atoms with Crippen molar-refractivity contribution in [1.29, 1.82) is 0 Å². The summed E-state index contributed by atoms with van der Waals surface area (Å²) in [4.78, 5) is 13.6. The van der Waals surface area contributed by atoms with E-state index in [1.54, 1.807) is 4.90 Å². The van der Waals surface area contributed by atoms with E-state index >= 15 is 0 Å². The van der Waals surface area contributed by atoms with Crippen molar-refractivity contribution < 1.29 is 14.6 Å². The van der Waals surface area contributed by atoms with Crippen LogP contribution < -0.4 is 5.32 Å². The predicted molar refractivity (Wildman–Crippen MR) is 73.0 cm³/mol. The minimum absolute atomic E-state index is 0.0208. The number of aliphatic hydroxyl groups is 1. The highest BCUT2D eigenvalue weighted by atomic mass is 16.5. The Kier molecular flexibility index (Phi) is 5.92. The van der Waals surface area contributed by atoms with E-state index in [0.717, 1.165) is 32.1 Å². The van der Waals surface area contributed by atoms with Gasteiger partial charge in [0.15, 0.2) is 0 Å². The maximum absolute atomic E-state index is 11.8. The zero-order chi connectivity index (χ0) is 13.5. The number of rotatable bonds is 4. The lowest BCUT2D eigenvalue weighted by molar-refractivity contribution is 0.0527. The van der Waals surface area contributed by atoms with Gasteiger partial charge in [0, 0.05) is 19.6 Å². The van der Waals surface area contributed by atoms with Crippen molar-refractivity contribution >= 4 is 6.03 Å². The molecule has 0 aromatic heterocycles. The zero-order valence-corrected chi connectivity index (χ0v) is 11.6. The molecular weight excluding hydrogens is 244 g/mol. The van der Waals surface area contributed by atoms with Gasteiger partial charge < -0.3 is 20.1 Å². The summed E-state index contributed by atoms with van der Waals surface area (Å²) >= 11 is 0. The molecule has 2 unspecified atom stereocenters. The molecule has 1 heterocycles. The number of morpholine rings is 1. The molecule has 1 aliphatic heterocycles. The second-order valence-corrected chi connectivity index (χ2v) is 5.59. The van der Waals surface area contributed by atoms with E-state index in [-0.39, 0.29) is 12.1 Å². The maximum Gasteiger partial charge on any atom is 0.317 e. The van der Waals surface area contributed by atoms with E-state index in [1.807, 2.05) is 0 Å². The topological polar surface area (TPSA) is 61.8 Å². The predicted octanol–water partition coefficient (Wildman–Crippen LogP) is 1.36. The Bertz CT molecular complexity index is 280. The highest BCUT2D eigenvalue weighted by molar-refractivity contribution is 5.74. The molecule has 19 heavy (non-hydrogen) atoms. The summed E-state index contributed by atoms with van der Waals surface area (Å²) in [5.74, 6) is 0.439. The van der Waals surface area contributed by atoms with Gasteiger partial charge in [-0.3, -0.25) is 0 Å². The molecule has 2 fully saturated rings. The Morgan fingerprint density at radius 2 is 2.00 bits per heavy atom. The van der Waals surface area contributed by atoms with Crippen LogP contribution in [0.2, 0.25) is 0 Å². The second-order valence-electron chi connectivity index (χ2n) is 5.59. The number of amides is 2. The number of carbonyl (C=O) groups excluding carboxylic acids is 1. The Morgan fingerprint density at radius 1 is 1.26 bits per heavy atom. The van der Waals surface area contributed by atoms with Crippen LogP contribution in [0.25, 0.3) is 0 Å². The Balaban J connectivity index is 1.56. The molecule has 5 nitrogen and oxygen atoms in total. The lowest BCUT2D eigenvalue weighted by Crippen LogP contribution is -2.46. The normalized spacial score (nSPS) is 28.2. The first-order valence-electron chi connectivity index (χ1n) is 7.56. The Morgan fingerprint density at radius 3 is 2.74 bits per heavy atom. The maximum atomic E-state index is 11.8. The molecule has 0 aromatic carbocycles. The molecule has 0 spiro atoms. The SMILES string of the molecule is O=C(NCCCC1CCCCC1O)N1CCOCC1. The van der Waals surface area contributed by atoms with Gasteiger partial charge in [-0.15, -0.1) is 0 Å². The molecule has 5 heteroatoms. The summed E-state index contributed by atoms with van der Waals surface area (Å²) in [6, 6.07) is 0.0208. The minimum Gasteiger partial charge on any atom is -0.393 e. The lowest BCUT2D eigenvalue weighted by Gasteiger charge is -2.28. The summed E-state index contributed by atoms with van der Waals surface area (Å²) in [7, 11) is 0. The van der Waals surface area contributed by atoms with Crippen LogP contribution in [-0.2, 0) is 4.74 Å². The molecule has 0 bridgehead atoms. The largest absolute Gasteiger partial charge is 0.393 e. The average Bonchev–Trinajstić information content (AvgIpc) is 2.46. The molecule has 2 aliphatic rings. The van der Waals surface area contributed by atoms with Crippen LogP contribution in [0, 0.1) is 5.92 Å². The fraction of sp³-hybridized carbons (Fsp3) is 0.929. The third kappa shape index (κ3) is 4.66. The van der Waals surface area contributed by atoms with Crippen molar-refractivity contribution in [1.82, 2.24) is 10.2 Å². The number of carbonyl (C=O) groups is 1. The molecule has 110 valence electrons. The number of nitrogens with one attached hydrogen (secondary N) is 1. The molecule has 2 N–H and O–H groups in total. The highest BCUT2D eigenvalue weighted by Crippen LogP contribution is 2.27. The second kappa shape index (κ2) is 7.70. The number of hydrogen-bond donors (Lipinski definition) is 2. The van der Waals surface area contributed by atoms with E-state index in [9.17, 15) is 9.90 Å². The highest BCUT2D eigenvalue weighted by Gasteiger charge is 2.22. The van der Waals surface area contributed by atoms with Crippen LogP contribution in [0.4, 0.5) is 4.79 Å². The van der Waals surface area contributed by atoms with Gasteiger partial charge in [-0.05, 0) is 31.6 Å². The molecule has 2 rings (SSSR count). The van der Waals surface area contributed by atoms with Gasteiger partial charge in [0.1, 0.15) is 0 Å². The summed E-state index contributed by atoms with van der Waals surface area (Å²) in [5, 5.41) is 12.8. The first-order valence-corrected chi connectivity index (χ1v) is 7.56. The molecular formula is C14H26N2O3. The van der Waals surface area contributed by atoms with Crippen molar-refractivity contribution in [2.45, 2.75) is 44.6 Å². The van der Waals surface area contributed by atoms with Crippen LogP contribution in [-0.4, -0.2) is 55.0 Å². The quantitative estimate of drug-likeness (QED) is 0.758. The van der Waals surface area contributed by atoms with E-state index in [2.05, 4.69) is 5.32 Å². The van der Waals surface area contributed by atoms with Crippen LogP contribution in [0.3, 0.4) is 0 Å². The van der Waals surface area contributed by atoms with Crippen molar-refractivity contribution in [3.05, 3.63) is 0 Å². The average molecular weight is 270 g/mol. The first kappa shape index (κ1) is 14.6. The third-order valence-electron chi connectivity index (χ3n) is 4.20. The molecule has 1 aliphatic carbocycles. The molecule has 2 amide bonds. The van der Waals surface area contributed by atoms with Crippen LogP contribution in [0.1, 0.15) is 38.5 Å². The van der Waals surface area contributed by atoms with Crippen molar-refractivity contribution in [3.63, 3.8) is 0 Å². The summed E-state index contributed by atoms with van der Waals surface area (Å²) < 4.78 is 5.22. The molecule has 0 aromatic rings. The standard InChI is InChI=1S/C14H26N2O3/c17-13-6-2-1-4-12(13)5-3-7-15-14(18)16-8-10-19-11-9-16/h12-13,17H,1-11H2,(H,15,18). The van der Waals surface area contributed by atoms with Gasteiger partial charge in [0.2, 0.25) is 0 Å². The number of hydrogen-bond acceptors (Lipinski definition) is 3. The van der Waals surface area contributed by atoms with E-state index in [0.29, 0.717) is 38.8 Å². The summed E-state index contributed by atoms with van der Waals surface area (Å²) in [6.07, 6.45) is 6.34. The fourth-order valence-electron chi connectivity index (χ4n) is 2.96. The van der Waals surface area contributed by atoms with E-state index < -0.39 is 0 Å².